The number of halogens is 1. The second kappa shape index (κ2) is 9.02. The first-order valence-corrected chi connectivity index (χ1v) is 5.89. The van der Waals surface area contributed by atoms with E-state index in [-0.39, 0.29) is 24.0 Å². The first-order valence-electron chi connectivity index (χ1n) is 5.89. The Bertz CT molecular complexity index is 378. The maximum Gasteiger partial charge on any atom is 0.191 e. The highest BCUT2D eigenvalue weighted by Crippen LogP contribution is 2.13. The lowest BCUT2D eigenvalue weighted by atomic mass is 10.2. The Morgan fingerprint density at radius 2 is 2.00 bits per heavy atom. The Kier molecular flexibility index (Phi) is 8.53. The minimum Gasteiger partial charge on any atom is -0.497 e. The molecule has 0 bridgehead atoms. The summed E-state index contributed by atoms with van der Waals surface area (Å²) in [6, 6.07) is 7.86. The molecule has 0 aliphatic carbocycles. The molecule has 0 saturated carbocycles. The van der Waals surface area contributed by atoms with Crippen LogP contribution < -0.4 is 10.5 Å². The molecule has 0 fully saturated rings. The average Bonchev–Trinajstić information content (AvgIpc) is 2.38. The van der Waals surface area contributed by atoms with Gasteiger partial charge in [0.1, 0.15) is 5.75 Å². The maximum atomic E-state index is 5.90. The van der Waals surface area contributed by atoms with Gasteiger partial charge in [0, 0.05) is 13.1 Å². The fraction of sp³-hybridized carbons (Fsp3) is 0.462. The molecule has 0 atom stereocenters. The van der Waals surface area contributed by atoms with Gasteiger partial charge in [-0.2, -0.15) is 0 Å². The molecule has 0 aliphatic rings. The lowest BCUT2D eigenvalue weighted by Crippen LogP contribution is -2.37. The molecular weight excluding hydrogens is 341 g/mol. The number of methoxy groups -OCH3 is 1. The molecule has 1 aromatic rings. The molecule has 0 heterocycles. The van der Waals surface area contributed by atoms with E-state index in [1.54, 1.807) is 7.11 Å². The van der Waals surface area contributed by atoms with Crippen molar-refractivity contribution in [2.45, 2.75) is 20.4 Å². The van der Waals surface area contributed by atoms with Crippen molar-refractivity contribution in [1.29, 1.82) is 0 Å². The molecular formula is C13H22IN3O. The molecule has 0 amide bonds. The van der Waals surface area contributed by atoms with Crippen LogP contribution in [0.25, 0.3) is 0 Å². The van der Waals surface area contributed by atoms with Gasteiger partial charge in [0.2, 0.25) is 0 Å². The van der Waals surface area contributed by atoms with Crippen molar-refractivity contribution in [1.82, 2.24) is 4.90 Å². The fourth-order valence-corrected chi connectivity index (χ4v) is 1.59. The van der Waals surface area contributed by atoms with Crippen molar-refractivity contribution in [3.05, 3.63) is 29.8 Å². The number of benzene rings is 1. The number of aliphatic imine (C=N–C) groups is 1. The van der Waals surface area contributed by atoms with Crippen LogP contribution in [-0.4, -0.2) is 31.1 Å². The monoisotopic (exact) mass is 363 g/mol. The standard InChI is InChI=1S/C13H21N3O.HI/c1-4-16(5-2)13(14)15-10-11-7-6-8-12(9-11)17-3;/h6-9H,4-5,10H2,1-3H3,(H2,14,15);1H. The van der Waals surface area contributed by atoms with E-state index in [1.165, 1.54) is 0 Å². The van der Waals surface area contributed by atoms with Gasteiger partial charge in [0.25, 0.3) is 0 Å². The lowest BCUT2D eigenvalue weighted by molar-refractivity contribution is 0.414. The molecule has 0 aliphatic heterocycles. The van der Waals surface area contributed by atoms with Crippen LogP contribution in [0, 0.1) is 0 Å². The molecule has 5 heteroatoms. The number of ether oxygens (including phenoxy) is 1. The van der Waals surface area contributed by atoms with Crippen molar-refractivity contribution < 1.29 is 4.74 Å². The number of rotatable bonds is 5. The van der Waals surface area contributed by atoms with Crippen LogP contribution in [0.5, 0.6) is 5.75 Å². The Morgan fingerprint density at radius 3 is 2.56 bits per heavy atom. The molecule has 18 heavy (non-hydrogen) atoms. The van der Waals surface area contributed by atoms with E-state index < -0.39 is 0 Å². The van der Waals surface area contributed by atoms with Crippen LogP contribution in [0.2, 0.25) is 0 Å². The van der Waals surface area contributed by atoms with E-state index in [4.69, 9.17) is 10.5 Å². The zero-order chi connectivity index (χ0) is 12.7. The summed E-state index contributed by atoms with van der Waals surface area (Å²) in [6.45, 7) is 6.47. The molecule has 0 radical (unpaired) electrons. The van der Waals surface area contributed by atoms with E-state index >= 15 is 0 Å². The van der Waals surface area contributed by atoms with Crippen LogP contribution in [0.3, 0.4) is 0 Å². The van der Waals surface area contributed by atoms with Crippen LogP contribution in [-0.2, 0) is 6.54 Å². The van der Waals surface area contributed by atoms with Gasteiger partial charge >= 0.3 is 0 Å². The second-order valence-corrected chi connectivity index (χ2v) is 3.70. The van der Waals surface area contributed by atoms with E-state index in [2.05, 4.69) is 18.8 Å². The van der Waals surface area contributed by atoms with Gasteiger partial charge < -0.3 is 15.4 Å². The van der Waals surface area contributed by atoms with Crippen molar-refractivity contribution in [2.24, 2.45) is 10.7 Å². The minimum atomic E-state index is 0. The quantitative estimate of drug-likeness (QED) is 0.497. The summed E-state index contributed by atoms with van der Waals surface area (Å²) in [5, 5.41) is 0. The number of nitrogens with zero attached hydrogens (tertiary/aromatic N) is 2. The SMILES string of the molecule is CCN(CC)C(N)=NCc1cccc(OC)c1.I. The summed E-state index contributed by atoms with van der Waals surface area (Å²) in [6.07, 6.45) is 0. The molecule has 0 saturated heterocycles. The van der Waals surface area contributed by atoms with E-state index in [0.717, 1.165) is 24.4 Å². The Morgan fingerprint density at radius 1 is 1.33 bits per heavy atom. The third-order valence-electron chi connectivity index (χ3n) is 2.65. The number of hydrogen-bond acceptors (Lipinski definition) is 2. The molecule has 0 spiro atoms. The third kappa shape index (κ3) is 5.12. The smallest absolute Gasteiger partial charge is 0.191 e. The molecule has 4 nitrogen and oxygen atoms in total. The van der Waals surface area contributed by atoms with E-state index in [0.29, 0.717) is 12.5 Å². The Balaban J connectivity index is 0.00000289. The normalized spacial score (nSPS) is 10.7. The number of hydrogen-bond donors (Lipinski definition) is 1. The summed E-state index contributed by atoms with van der Waals surface area (Å²) in [5.41, 5.74) is 7.00. The summed E-state index contributed by atoms with van der Waals surface area (Å²) in [7, 11) is 1.66. The topological polar surface area (TPSA) is 50.8 Å². The highest BCUT2D eigenvalue weighted by atomic mass is 127. The van der Waals surface area contributed by atoms with E-state index in [1.807, 2.05) is 29.2 Å². The van der Waals surface area contributed by atoms with Crippen molar-refractivity contribution in [2.75, 3.05) is 20.2 Å². The van der Waals surface area contributed by atoms with Gasteiger partial charge in [-0.1, -0.05) is 12.1 Å². The van der Waals surface area contributed by atoms with Gasteiger partial charge in [0.15, 0.2) is 5.96 Å². The highest BCUT2D eigenvalue weighted by molar-refractivity contribution is 14.0. The predicted molar refractivity (Wildman–Crippen MR) is 86.7 cm³/mol. The zero-order valence-corrected chi connectivity index (χ0v) is 13.5. The second-order valence-electron chi connectivity index (χ2n) is 3.70. The molecule has 0 aromatic heterocycles. The van der Waals surface area contributed by atoms with Gasteiger partial charge in [-0.3, -0.25) is 0 Å². The number of nitrogens with two attached hydrogens (primary N) is 1. The van der Waals surface area contributed by atoms with Crippen molar-refractivity contribution in [3.63, 3.8) is 0 Å². The van der Waals surface area contributed by atoms with Crippen molar-refractivity contribution >= 4 is 29.9 Å². The Labute approximate surface area is 126 Å². The lowest BCUT2D eigenvalue weighted by Gasteiger charge is -2.19. The van der Waals surface area contributed by atoms with Crippen LogP contribution >= 0.6 is 24.0 Å². The summed E-state index contributed by atoms with van der Waals surface area (Å²) in [4.78, 5) is 6.40. The summed E-state index contributed by atoms with van der Waals surface area (Å²) in [5.74, 6) is 1.44. The van der Waals surface area contributed by atoms with Gasteiger partial charge in [-0.15, -0.1) is 24.0 Å². The molecule has 2 N–H and O–H groups in total. The third-order valence-corrected chi connectivity index (χ3v) is 2.65. The van der Waals surface area contributed by atoms with Gasteiger partial charge in [-0.05, 0) is 31.5 Å². The Hall–Kier alpha value is -0.980. The fourth-order valence-electron chi connectivity index (χ4n) is 1.59. The van der Waals surface area contributed by atoms with Gasteiger partial charge in [0.05, 0.1) is 13.7 Å². The minimum absolute atomic E-state index is 0. The zero-order valence-electron chi connectivity index (χ0n) is 11.2. The molecule has 102 valence electrons. The van der Waals surface area contributed by atoms with E-state index in [9.17, 15) is 0 Å². The predicted octanol–water partition coefficient (Wildman–Crippen LogP) is 2.47. The first-order chi connectivity index (χ1) is 8.21. The summed E-state index contributed by atoms with van der Waals surface area (Å²) >= 11 is 0. The van der Waals surface area contributed by atoms with Gasteiger partial charge in [-0.25, -0.2) is 4.99 Å². The summed E-state index contributed by atoms with van der Waals surface area (Å²) < 4.78 is 5.16. The van der Waals surface area contributed by atoms with Crippen LogP contribution in [0.1, 0.15) is 19.4 Å². The molecule has 1 rings (SSSR count). The molecule has 0 unspecified atom stereocenters. The van der Waals surface area contributed by atoms with Crippen molar-refractivity contribution in [3.8, 4) is 5.75 Å². The van der Waals surface area contributed by atoms with Crippen LogP contribution in [0.4, 0.5) is 0 Å². The average molecular weight is 363 g/mol. The maximum absolute atomic E-state index is 5.90. The first kappa shape index (κ1) is 17.0. The van der Waals surface area contributed by atoms with Crippen LogP contribution in [0.15, 0.2) is 29.3 Å². The number of guanidine groups is 1. The molecule has 1 aromatic carbocycles. The highest BCUT2D eigenvalue weighted by Gasteiger charge is 2.01. The largest absolute Gasteiger partial charge is 0.497 e.